The minimum Gasteiger partial charge on any atom is -0.477 e. The fraction of sp³-hybridized carbons (Fsp3) is 0.933. The third-order valence-electron chi connectivity index (χ3n) is 10.1. The van der Waals surface area contributed by atoms with Gasteiger partial charge < -0.3 is 28.5 Å². The van der Waals surface area contributed by atoms with Gasteiger partial charge in [-0.3, -0.25) is 9.59 Å². The average molecular weight is 771 g/mol. The van der Waals surface area contributed by atoms with Crippen molar-refractivity contribution in [2.45, 2.75) is 225 Å². The number of unbranched alkanes of at least 4 members (excludes halogenated alkanes) is 27. The molecular formula is C45H88NO8+. The molecule has 0 fully saturated rings. The highest BCUT2D eigenvalue weighted by atomic mass is 16.7. The molecule has 0 aromatic rings. The van der Waals surface area contributed by atoms with Gasteiger partial charge in [0, 0.05) is 12.8 Å². The molecule has 0 aromatic heterocycles. The summed E-state index contributed by atoms with van der Waals surface area (Å²) in [6, 6.07) is 0. The minimum atomic E-state index is -1.50. The van der Waals surface area contributed by atoms with Crippen molar-refractivity contribution in [3.63, 3.8) is 0 Å². The summed E-state index contributed by atoms with van der Waals surface area (Å²) in [6.07, 6.45) is 34.5. The van der Waals surface area contributed by atoms with Crippen LogP contribution in [0, 0.1) is 0 Å². The summed E-state index contributed by atoms with van der Waals surface area (Å²) in [6.45, 7) is 4.88. The van der Waals surface area contributed by atoms with Crippen LogP contribution in [-0.2, 0) is 33.3 Å². The molecule has 0 heterocycles. The van der Waals surface area contributed by atoms with Gasteiger partial charge in [0.15, 0.2) is 6.10 Å². The Morgan fingerprint density at radius 1 is 0.481 bits per heavy atom. The predicted molar refractivity (Wildman–Crippen MR) is 222 cm³/mol. The van der Waals surface area contributed by atoms with Crippen molar-refractivity contribution in [3.8, 4) is 0 Å². The van der Waals surface area contributed by atoms with Crippen LogP contribution in [0.4, 0.5) is 0 Å². The van der Waals surface area contributed by atoms with E-state index in [0.29, 0.717) is 17.4 Å². The largest absolute Gasteiger partial charge is 0.477 e. The van der Waals surface area contributed by atoms with Crippen molar-refractivity contribution in [2.75, 3.05) is 47.5 Å². The average Bonchev–Trinajstić information content (AvgIpc) is 3.12. The number of likely N-dealkylation sites (N-methyl/N-ethyl adjacent to an activating group) is 1. The van der Waals surface area contributed by atoms with E-state index >= 15 is 0 Å². The number of carboxylic acids is 1. The number of carbonyl (C=O) groups excluding carboxylic acids is 2. The first-order valence-corrected chi connectivity index (χ1v) is 22.7. The van der Waals surface area contributed by atoms with Crippen LogP contribution in [-0.4, -0.2) is 87.4 Å². The van der Waals surface area contributed by atoms with Gasteiger partial charge in [0.05, 0.1) is 34.4 Å². The zero-order valence-corrected chi connectivity index (χ0v) is 36.2. The molecule has 0 radical (unpaired) electrons. The Hall–Kier alpha value is -1.71. The Morgan fingerprint density at radius 2 is 0.833 bits per heavy atom. The second-order valence-electron chi connectivity index (χ2n) is 16.7. The number of carbonyl (C=O) groups is 3. The molecule has 1 N–H and O–H groups in total. The monoisotopic (exact) mass is 771 g/mol. The maximum absolute atomic E-state index is 12.7. The lowest BCUT2D eigenvalue weighted by atomic mass is 10.0. The van der Waals surface area contributed by atoms with Crippen LogP contribution in [0.2, 0.25) is 0 Å². The van der Waals surface area contributed by atoms with Crippen LogP contribution in [0.25, 0.3) is 0 Å². The lowest BCUT2D eigenvalue weighted by Gasteiger charge is -2.25. The molecule has 0 rings (SSSR count). The third-order valence-corrected chi connectivity index (χ3v) is 10.1. The number of aliphatic carboxylic acids is 1. The van der Waals surface area contributed by atoms with Gasteiger partial charge in [-0.25, -0.2) is 4.79 Å². The molecule has 0 saturated heterocycles. The summed E-state index contributed by atoms with van der Waals surface area (Å²) in [5.41, 5.74) is 0. The van der Waals surface area contributed by atoms with Gasteiger partial charge in [0.2, 0.25) is 0 Å². The van der Waals surface area contributed by atoms with Crippen LogP contribution in [0.1, 0.15) is 213 Å². The van der Waals surface area contributed by atoms with E-state index in [1.807, 2.05) is 21.1 Å². The van der Waals surface area contributed by atoms with Gasteiger partial charge >= 0.3 is 17.9 Å². The molecule has 0 bridgehead atoms. The zero-order valence-electron chi connectivity index (χ0n) is 36.2. The number of esters is 2. The molecule has 0 aliphatic rings. The molecule has 0 aliphatic carbocycles. The normalized spacial score (nSPS) is 12.8. The molecule has 0 aromatic carbocycles. The number of rotatable bonds is 42. The number of ether oxygens (including phenoxy) is 4. The summed E-state index contributed by atoms with van der Waals surface area (Å²) >= 11 is 0. The van der Waals surface area contributed by atoms with Crippen LogP contribution in [0.15, 0.2) is 0 Å². The predicted octanol–water partition coefficient (Wildman–Crippen LogP) is 11.7. The third kappa shape index (κ3) is 38.6. The Labute approximate surface area is 332 Å². The van der Waals surface area contributed by atoms with E-state index in [1.54, 1.807) is 0 Å². The highest BCUT2D eigenvalue weighted by molar-refractivity contribution is 5.71. The Kier molecular flexibility index (Phi) is 37.0. The van der Waals surface area contributed by atoms with Crippen LogP contribution in [0.3, 0.4) is 0 Å². The van der Waals surface area contributed by atoms with Gasteiger partial charge in [0.25, 0.3) is 6.29 Å². The van der Waals surface area contributed by atoms with Gasteiger partial charge in [0.1, 0.15) is 13.2 Å². The molecule has 320 valence electrons. The fourth-order valence-electron chi connectivity index (χ4n) is 6.54. The summed E-state index contributed by atoms with van der Waals surface area (Å²) in [5.74, 6) is -1.99. The summed E-state index contributed by atoms with van der Waals surface area (Å²) in [4.78, 5) is 37.0. The fourth-order valence-corrected chi connectivity index (χ4v) is 6.54. The van der Waals surface area contributed by atoms with E-state index in [1.165, 1.54) is 148 Å². The van der Waals surface area contributed by atoms with E-state index in [-0.39, 0.29) is 38.2 Å². The molecule has 0 aliphatic heterocycles. The van der Waals surface area contributed by atoms with Gasteiger partial charge in [-0.15, -0.1) is 0 Å². The van der Waals surface area contributed by atoms with Gasteiger partial charge in [-0.1, -0.05) is 187 Å². The lowest BCUT2D eigenvalue weighted by Crippen LogP contribution is -2.40. The first-order valence-electron chi connectivity index (χ1n) is 22.7. The second kappa shape index (κ2) is 38.2. The topological polar surface area (TPSA) is 108 Å². The maximum Gasteiger partial charge on any atom is 0.361 e. The van der Waals surface area contributed by atoms with Crippen molar-refractivity contribution in [3.05, 3.63) is 0 Å². The van der Waals surface area contributed by atoms with Crippen molar-refractivity contribution in [2.24, 2.45) is 0 Å². The number of nitrogens with zero attached hydrogens (tertiary/aromatic N) is 1. The number of quaternary nitrogens is 1. The van der Waals surface area contributed by atoms with E-state index in [0.717, 1.165) is 38.5 Å². The molecule has 9 nitrogen and oxygen atoms in total. The number of hydrogen-bond acceptors (Lipinski definition) is 7. The molecule has 0 amide bonds. The van der Waals surface area contributed by atoms with E-state index in [4.69, 9.17) is 18.9 Å². The first kappa shape index (κ1) is 52.3. The summed E-state index contributed by atoms with van der Waals surface area (Å²) in [7, 11) is 5.96. The van der Waals surface area contributed by atoms with Crippen molar-refractivity contribution >= 4 is 17.9 Å². The van der Waals surface area contributed by atoms with Crippen LogP contribution >= 0.6 is 0 Å². The lowest BCUT2D eigenvalue weighted by molar-refractivity contribution is -0.870. The van der Waals surface area contributed by atoms with Gasteiger partial charge in [-0.2, -0.15) is 0 Å². The van der Waals surface area contributed by atoms with Crippen molar-refractivity contribution < 1.29 is 42.9 Å². The van der Waals surface area contributed by atoms with Crippen LogP contribution in [0.5, 0.6) is 0 Å². The zero-order chi connectivity index (χ0) is 40.0. The molecular weight excluding hydrogens is 682 g/mol. The van der Waals surface area contributed by atoms with E-state index in [2.05, 4.69) is 13.8 Å². The molecule has 2 atom stereocenters. The van der Waals surface area contributed by atoms with E-state index < -0.39 is 18.4 Å². The quantitative estimate of drug-likeness (QED) is 0.0283. The molecule has 2 unspecified atom stereocenters. The van der Waals surface area contributed by atoms with Crippen molar-refractivity contribution in [1.29, 1.82) is 0 Å². The molecule has 0 spiro atoms. The van der Waals surface area contributed by atoms with E-state index in [9.17, 15) is 19.5 Å². The standard InChI is InChI=1S/C45H87NO8/c1-6-8-10-12-14-16-17-18-19-20-21-22-23-24-25-26-28-30-32-34-36-43(48)54-41(40-53-45(44(49)50)51-38-37-46(3,4)5)39-52-42(47)35-33-31-29-27-15-13-11-9-7-2/h41,45H,6-40H2,1-5H3/p+1. The summed E-state index contributed by atoms with van der Waals surface area (Å²) in [5, 5.41) is 9.61. The Balaban J connectivity index is 4.29. The Bertz CT molecular complexity index is 861. The minimum absolute atomic E-state index is 0.174. The second-order valence-corrected chi connectivity index (χ2v) is 16.7. The highest BCUT2D eigenvalue weighted by Crippen LogP contribution is 2.16. The number of carboxylic acid groups (broad SMARTS) is 1. The van der Waals surface area contributed by atoms with Gasteiger partial charge in [-0.05, 0) is 12.8 Å². The highest BCUT2D eigenvalue weighted by Gasteiger charge is 2.25. The molecule has 54 heavy (non-hydrogen) atoms. The van der Waals surface area contributed by atoms with Crippen LogP contribution < -0.4 is 0 Å². The maximum atomic E-state index is 12.7. The molecule has 9 heteroatoms. The summed E-state index contributed by atoms with van der Waals surface area (Å²) < 4.78 is 22.7. The number of hydrogen-bond donors (Lipinski definition) is 1. The molecule has 0 saturated carbocycles. The van der Waals surface area contributed by atoms with Crippen molar-refractivity contribution in [1.82, 2.24) is 0 Å². The SMILES string of the molecule is CCCCCCCCCCCCCCCCCCCCCCC(=O)OC(COC(=O)CCCCCCCCCCC)COC(OCC[N+](C)(C)C)C(=O)O. The smallest absolute Gasteiger partial charge is 0.361 e. The first-order chi connectivity index (χ1) is 26.1. The Morgan fingerprint density at radius 3 is 1.19 bits per heavy atom.